The maximum Gasteiger partial charge on any atom is 0.272 e. The topological polar surface area (TPSA) is 65.2 Å². The fraction of sp³-hybridized carbons (Fsp3) is 0.294. The zero-order valence-electron chi connectivity index (χ0n) is 13.1. The van der Waals surface area contributed by atoms with Crippen LogP contribution in [0.2, 0.25) is 0 Å². The van der Waals surface area contributed by atoms with Gasteiger partial charge in [-0.2, -0.15) is 0 Å². The van der Waals surface area contributed by atoms with E-state index in [1.54, 1.807) is 12.1 Å². The predicted molar refractivity (Wildman–Crippen MR) is 88.8 cm³/mol. The van der Waals surface area contributed by atoms with Crippen LogP contribution in [0.15, 0.2) is 36.4 Å². The Morgan fingerprint density at radius 2 is 1.59 bits per heavy atom. The summed E-state index contributed by atoms with van der Waals surface area (Å²) in [5.41, 5.74) is 2.65. The lowest BCUT2D eigenvalue weighted by atomic mass is 10.2. The summed E-state index contributed by atoms with van der Waals surface area (Å²) in [5, 5.41) is 2.81. The number of hydrogen-bond donors (Lipinski definition) is 2. The Bertz CT molecular complexity index is 655. The molecule has 0 unspecified atom stereocenters. The third kappa shape index (κ3) is 3.55. The molecule has 0 spiro atoms. The number of carbonyl (C=O) groups is 2. The second kappa shape index (κ2) is 6.93. The van der Waals surface area contributed by atoms with Crippen molar-refractivity contribution in [2.24, 2.45) is 0 Å². The third-order valence-electron chi connectivity index (χ3n) is 3.56. The Morgan fingerprint density at radius 1 is 1.00 bits per heavy atom. The molecule has 1 aromatic heterocycles. The van der Waals surface area contributed by atoms with Crippen molar-refractivity contribution in [2.45, 2.75) is 20.8 Å². The molecular weight excluding hydrogens is 278 g/mol. The van der Waals surface area contributed by atoms with Gasteiger partial charge in [0.15, 0.2) is 5.78 Å². The predicted octanol–water partition coefficient (Wildman–Crippen LogP) is 3.32. The molecule has 0 saturated heterocycles. The van der Waals surface area contributed by atoms with Crippen LogP contribution in [-0.2, 0) is 0 Å². The van der Waals surface area contributed by atoms with Crippen molar-refractivity contribution in [3.05, 3.63) is 47.8 Å². The zero-order valence-corrected chi connectivity index (χ0v) is 13.1. The van der Waals surface area contributed by atoms with Gasteiger partial charge >= 0.3 is 0 Å². The number of nitrogens with one attached hydrogen (secondary N) is 2. The van der Waals surface area contributed by atoms with E-state index in [2.05, 4.69) is 29.0 Å². The van der Waals surface area contributed by atoms with E-state index in [-0.39, 0.29) is 11.7 Å². The van der Waals surface area contributed by atoms with Gasteiger partial charge in [0, 0.05) is 31.4 Å². The molecule has 1 heterocycles. The lowest BCUT2D eigenvalue weighted by Crippen LogP contribution is -2.21. The molecule has 22 heavy (non-hydrogen) atoms. The molecule has 0 aliphatic heterocycles. The second-order valence-corrected chi connectivity index (χ2v) is 5.02. The van der Waals surface area contributed by atoms with Crippen LogP contribution >= 0.6 is 0 Å². The van der Waals surface area contributed by atoms with Gasteiger partial charge in [0.25, 0.3) is 5.91 Å². The standard InChI is InChI=1S/C17H21N3O2/c1-4-20(5-2)14-8-6-13(7-9-14)18-17(22)16-11-10-15(19-16)12(3)21/h6-11,19H,4-5H2,1-3H3,(H,18,22). The van der Waals surface area contributed by atoms with Crippen LogP contribution in [0.1, 0.15) is 41.7 Å². The Morgan fingerprint density at radius 3 is 2.09 bits per heavy atom. The van der Waals surface area contributed by atoms with Crippen LogP contribution in [0.3, 0.4) is 0 Å². The summed E-state index contributed by atoms with van der Waals surface area (Å²) in [7, 11) is 0. The van der Waals surface area contributed by atoms with E-state index >= 15 is 0 Å². The van der Waals surface area contributed by atoms with Gasteiger partial charge in [-0.3, -0.25) is 9.59 Å². The zero-order chi connectivity index (χ0) is 16.1. The fourth-order valence-electron chi connectivity index (χ4n) is 2.28. The van der Waals surface area contributed by atoms with E-state index in [0.717, 1.165) is 24.5 Å². The largest absolute Gasteiger partial charge is 0.372 e. The Hall–Kier alpha value is -2.56. The summed E-state index contributed by atoms with van der Waals surface area (Å²) in [4.78, 5) is 28.4. The number of hydrogen-bond acceptors (Lipinski definition) is 3. The molecule has 0 aliphatic carbocycles. The third-order valence-corrected chi connectivity index (χ3v) is 3.56. The number of aromatic amines is 1. The molecule has 0 aliphatic rings. The molecule has 1 aromatic carbocycles. The summed E-state index contributed by atoms with van der Waals surface area (Å²) >= 11 is 0. The molecule has 0 fully saturated rings. The molecule has 0 saturated carbocycles. The lowest BCUT2D eigenvalue weighted by molar-refractivity contribution is 0.101. The molecular formula is C17H21N3O2. The van der Waals surface area contributed by atoms with E-state index in [0.29, 0.717) is 11.4 Å². The summed E-state index contributed by atoms with van der Waals surface area (Å²) in [6.45, 7) is 7.56. The number of anilines is 2. The SMILES string of the molecule is CCN(CC)c1ccc(NC(=O)c2ccc(C(C)=O)[nH]2)cc1. The second-order valence-electron chi connectivity index (χ2n) is 5.02. The average molecular weight is 299 g/mol. The summed E-state index contributed by atoms with van der Waals surface area (Å²) in [5.74, 6) is -0.356. The highest BCUT2D eigenvalue weighted by Crippen LogP contribution is 2.18. The van der Waals surface area contributed by atoms with Crippen LogP contribution < -0.4 is 10.2 Å². The Kier molecular flexibility index (Phi) is 4.99. The van der Waals surface area contributed by atoms with Crippen molar-refractivity contribution in [2.75, 3.05) is 23.3 Å². The highest BCUT2D eigenvalue weighted by atomic mass is 16.2. The number of ketones is 1. The molecule has 5 heteroatoms. The minimum atomic E-state index is -0.261. The maximum atomic E-state index is 12.1. The van der Waals surface area contributed by atoms with Gasteiger partial charge in [0.2, 0.25) is 0 Å². The monoisotopic (exact) mass is 299 g/mol. The van der Waals surface area contributed by atoms with Crippen molar-refractivity contribution in [1.29, 1.82) is 0 Å². The van der Waals surface area contributed by atoms with Crippen LogP contribution in [-0.4, -0.2) is 29.8 Å². The molecule has 116 valence electrons. The number of amides is 1. The first-order valence-electron chi connectivity index (χ1n) is 7.41. The van der Waals surface area contributed by atoms with Crippen LogP contribution in [0.4, 0.5) is 11.4 Å². The lowest BCUT2D eigenvalue weighted by Gasteiger charge is -2.21. The number of Topliss-reactive ketones (excluding diaryl/α,β-unsaturated/α-hetero) is 1. The molecule has 2 rings (SSSR count). The number of H-pyrrole nitrogens is 1. The van der Waals surface area contributed by atoms with E-state index in [1.807, 2.05) is 24.3 Å². The normalized spacial score (nSPS) is 10.3. The number of carbonyl (C=O) groups excluding carboxylic acids is 2. The van der Waals surface area contributed by atoms with Crippen LogP contribution in [0.5, 0.6) is 0 Å². The molecule has 0 bridgehead atoms. The van der Waals surface area contributed by atoms with Gasteiger partial charge in [0.05, 0.1) is 5.69 Å². The van der Waals surface area contributed by atoms with Gasteiger partial charge in [-0.1, -0.05) is 0 Å². The highest BCUT2D eigenvalue weighted by molar-refractivity contribution is 6.04. The van der Waals surface area contributed by atoms with Gasteiger partial charge in [-0.25, -0.2) is 0 Å². The van der Waals surface area contributed by atoms with Gasteiger partial charge in [-0.05, 0) is 50.2 Å². The van der Waals surface area contributed by atoms with E-state index in [4.69, 9.17) is 0 Å². The van der Waals surface area contributed by atoms with Gasteiger partial charge in [-0.15, -0.1) is 0 Å². The molecule has 0 atom stereocenters. The number of benzene rings is 1. The van der Waals surface area contributed by atoms with Crippen molar-refractivity contribution in [3.63, 3.8) is 0 Å². The summed E-state index contributed by atoms with van der Waals surface area (Å²) in [6.07, 6.45) is 0. The smallest absolute Gasteiger partial charge is 0.272 e. The minimum absolute atomic E-state index is 0.0948. The van der Waals surface area contributed by atoms with Crippen molar-refractivity contribution < 1.29 is 9.59 Å². The van der Waals surface area contributed by atoms with Crippen molar-refractivity contribution >= 4 is 23.1 Å². The number of aromatic nitrogens is 1. The van der Waals surface area contributed by atoms with Crippen molar-refractivity contribution in [3.8, 4) is 0 Å². The van der Waals surface area contributed by atoms with Crippen LogP contribution in [0.25, 0.3) is 0 Å². The first kappa shape index (κ1) is 15.8. The first-order valence-corrected chi connectivity index (χ1v) is 7.41. The maximum absolute atomic E-state index is 12.1. The quantitative estimate of drug-likeness (QED) is 0.804. The molecule has 2 aromatic rings. The molecule has 0 radical (unpaired) electrons. The van der Waals surface area contributed by atoms with E-state index < -0.39 is 0 Å². The average Bonchev–Trinajstić information content (AvgIpc) is 3.00. The first-order chi connectivity index (χ1) is 10.5. The van der Waals surface area contributed by atoms with E-state index in [1.165, 1.54) is 6.92 Å². The highest BCUT2D eigenvalue weighted by Gasteiger charge is 2.11. The molecule has 2 N–H and O–H groups in total. The Labute approximate surface area is 130 Å². The van der Waals surface area contributed by atoms with Gasteiger partial charge < -0.3 is 15.2 Å². The fourth-order valence-corrected chi connectivity index (χ4v) is 2.28. The summed E-state index contributed by atoms with van der Waals surface area (Å²) < 4.78 is 0. The van der Waals surface area contributed by atoms with Crippen LogP contribution in [0, 0.1) is 0 Å². The summed E-state index contributed by atoms with van der Waals surface area (Å²) in [6, 6.07) is 10.9. The van der Waals surface area contributed by atoms with Gasteiger partial charge in [0.1, 0.15) is 5.69 Å². The van der Waals surface area contributed by atoms with Crippen molar-refractivity contribution in [1.82, 2.24) is 4.98 Å². The van der Waals surface area contributed by atoms with E-state index in [9.17, 15) is 9.59 Å². The Balaban J connectivity index is 2.06. The minimum Gasteiger partial charge on any atom is -0.372 e. The molecule has 5 nitrogen and oxygen atoms in total. The molecule has 1 amide bonds. The number of nitrogens with zero attached hydrogens (tertiary/aromatic N) is 1. The number of rotatable bonds is 6.